The molecule has 1 saturated heterocycles. The minimum atomic E-state index is -4.37. The van der Waals surface area contributed by atoms with E-state index in [0.717, 1.165) is 30.2 Å². The Hall–Kier alpha value is -0.920. The molecule has 0 saturated carbocycles. The van der Waals surface area contributed by atoms with Crippen LogP contribution in [0.5, 0.6) is 0 Å². The molecule has 142 valence electrons. The lowest BCUT2D eigenvalue weighted by atomic mass is 10.0. The standard InChI is InChI=1S/C17H23F3N2OS.ClH/c1-3-22(16(23)10-15-11-24-8-7-21-15)12(2)13-5-4-6-14(9-13)17(18,19)20;/h4-6,9,12,15,21H,3,7-8,10-11H2,1-2H3;1H. The summed E-state index contributed by atoms with van der Waals surface area (Å²) in [4.78, 5) is 14.2. The van der Waals surface area contributed by atoms with Crippen LogP contribution in [0.15, 0.2) is 24.3 Å². The molecule has 1 heterocycles. The summed E-state index contributed by atoms with van der Waals surface area (Å²) in [5.74, 6) is 1.91. The van der Waals surface area contributed by atoms with Gasteiger partial charge in [-0.15, -0.1) is 12.4 Å². The molecule has 1 amide bonds. The molecular weight excluding hydrogens is 373 g/mol. The fourth-order valence-corrected chi connectivity index (χ4v) is 3.85. The van der Waals surface area contributed by atoms with Crippen molar-refractivity contribution in [1.29, 1.82) is 0 Å². The van der Waals surface area contributed by atoms with E-state index in [2.05, 4.69) is 5.32 Å². The van der Waals surface area contributed by atoms with Gasteiger partial charge >= 0.3 is 6.18 Å². The molecule has 1 aromatic carbocycles. The van der Waals surface area contributed by atoms with Crippen molar-refractivity contribution < 1.29 is 18.0 Å². The van der Waals surface area contributed by atoms with Gasteiger partial charge in [-0.05, 0) is 31.5 Å². The number of nitrogens with one attached hydrogen (secondary N) is 1. The SMILES string of the molecule is CCN(C(=O)CC1CSCCN1)C(C)c1cccc(C(F)(F)F)c1.Cl. The van der Waals surface area contributed by atoms with Crippen LogP contribution < -0.4 is 5.32 Å². The lowest BCUT2D eigenvalue weighted by molar-refractivity contribution is -0.137. The van der Waals surface area contributed by atoms with Crippen molar-refractivity contribution >= 4 is 30.1 Å². The van der Waals surface area contributed by atoms with Gasteiger partial charge in [0.15, 0.2) is 0 Å². The van der Waals surface area contributed by atoms with Crippen molar-refractivity contribution in [1.82, 2.24) is 10.2 Å². The van der Waals surface area contributed by atoms with Gasteiger partial charge in [-0.1, -0.05) is 12.1 Å². The minimum Gasteiger partial charge on any atom is -0.336 e. The largest absolute Gasteiger partial charge is 0.416 e. The van der Waals surface area contributed by atoms with Crippen LogP contribution in [-0.2, 0) is 11.0 Å². The number of carbonyl (C=O) groups excluding carboxylic acids is 1. The zero-order valence-electron chi connectivity index (χ0n) is 14.3. The third-order valence-electron chi connectivity index (χ3n) is 4.24. The number of halogens is 4. The highest BCUT2D eigenvalue weighted by atomic mass is 35.5. The molecule has 1 aliphatic heterocycles. The van der Waals surface area contributed by atoms with Gasteiger partial charge in [0.1, 0.15) is 0 Å². The molecule has 1 aromatic rings. The summed E-state index contributed by atoms with van der Waals surface area (Å²) < 4.78 is 38.7. The molecule has 0 aliphatic carbocycles. The lowest BCUT2D eigenvalue weighted by Crippen LogP contribution is -2.43. The summed E-state index contributed by atoms with van der Waals surface area (Å²) in [7, 11) is 0. The molecule has 0 bridgehead atoms. The summed E-state index contributed by atoms with van der Waals surface area (Å²) >= 11 is 1.82. The first-order valence-corrected chi connectivity index (χ1v) is 9.26. The van der Waals surface area contributed by atoms with E-state index < -0.39 is 11.7 Å². The fourth-order valence-electron chi connectivity index (χ4n) is 2.90. The van der Waals surface area contributed by atoms with Gasteiger partial charge < -0.3 is 10.2 Å². The summed E-state index contributed by atoms with van der Waals surface area (Å²) in [5.41, 5.74) is -0.174. The van der Waals surface area contributed by atoms with E-state index in [-0.39, 0.29) is 30.4 Å². The van der Waals surface area contributed by atoms with Crippen LogP contribution in [0.1, 0.15) is 37.4 Å². The maximum absolute atomic E-state index is 12.9. The number of thioether (sulfide) groups is 1. The minimum absolute atomic E-state index is 0. The lowest BCUT2D eigenvalue weighted by Gasteiger charge is -2.31. The Morgan fingerprint density at radius 1 is 1.44 bits per heavy atom. The van der Waals surface area contributed by atoms with Gasteiger partial charge in [0.05, 0.1) is 11.6 Å². The Labute approximate surface area is 157 Å². The van der Waals surface area contributed by atoms with Gasteiger partial charge in [-0.25, -0.2) is 0 Å². The van der Waals surface area contributed by atoms with Crippen LogP contribution in [0.25, 0.3) is 0 Å². The van der Waals surface area contributed by atoms with Gasteiger partial charge in [0, 0.05) is 37.1 Å². The predicted molar refractivity (Wildman–Crippen MR) is 98.2 cm³/mol. The molecule has 2 unspecified atom stereocenters. The third-order valence-corrected chi connectivity index (χ3v) is 5.38. The van der Waals surface area contributed by atoms with E-state index in [1.54, 1.807) is 17.9 Å². The summed E-state index contributed by atoms with van der Waals surface area (Å²) in [6, 6.07) is 4.98. The number of carbonyl (C=O) groups is 1. The predicted octanol–water partition coefficient (Wildman–Crippen LogP) is 4.13. The van der Waals surface area contributed by atoms with Crippen molar-refractivity contribution in [2.75, 3.05) is 24.6 Å². The molecule has 0 radical (unpaired) electrons. The molecule has 3 nitrogen and oxygen atoms in total. The van der Waals surface area contributed by atoms with Crippen molar-refractivity contribution in [3.63, 3.8) is 0 Å². The van der Waals surface area contributed by atoms with Gasteiger partial charge in [0.2, 0.25) is 5.91 Å². The average Bonchev–Trinajstić information content (AvgIpc) is 2.55. The van der Waals surface area contributed by atoms with E-state index in [1.165, 1.54) is 6.07 Å². The van der Waals surface area contributed by atoms with Crippen LogP contribution in [0.4, 0.5) is 13.2 Å². The van der Waals surface area contributed by atoms with Crippen LogP contribution in [0.2, 0.25) is 0 Å². The Kier molecular flexibility index (Phi) is 8.57. The van der Waals surface area contributed by atoms with E-state index >= 15 is 0 Å². The van der Waals surface area contributed by atoms with Crippen molar-refractivity contribution in [2.24, 2.45) is 0 Å². The molecule has 1 aliphatic rings. The number of nitrogens with zero attached hydrogens (tertiary/aromatic N) is 1. The summed E-state index contributed by atoms with van der Waals surface area (Å²) in [5, 5.41) is 3.32. The highest BCUT2D eigenvalue weighted by molar-refractivity contribution is 7.99. The number of benzene rings is 1. The second kappa shape index (κ2) is 9.69. The quantitative estimate of drug-likeness (QED) is 0.812. The van der Waals surface area contributed by atoms with E-state index in [4.69, 9.17) is 0 Å². The molecule has 2 rings (SSSR count). The van der Waals surface area contributed by atoms with Crippen molar-refractivity contribution in [3.05, 3.63) is 35.4 Å². The summed E-state index contributed by atoms with van der Waals surface area (Å²) in [6.45, 7) is 4.99. The highest BCUT2D eigenvalue weighted by Crippen LogP contribution is 2.32. The Bertz CT molecular complexity index is 565. The molecule has 2 atom stereocenters. The number of amides is 1. The van der Waals surface area contributed by atoms with Crippen LogP contribution in [0, 0.1) is 0 Å². The first-order valence-electron chi connectivity index (χ1n) is 8.10. The van der Waals surface area contributed by atoms with Gasteiger partial charge in [-0.3, -0.25) is 4.79 Å². The maximum atomic E-state index is 12.9. The number of rotatable bonds is 5. The first kappa shape index (κ1) is 22.1. The maximum Gasteiger partial charge on any atom is 0.416 e. The van der Waals surface area contributed by atoms with E-state index in [1.807, 2.05) is 18.7 Å². The van der Waals surface area contributed by atoms with Crippen LogP contribution >= 0.6 is 24.2 Å². The molecule has 8 heteroatoms. The molecule has 1 N–H and O–H groups in total. The first-order chi connectivity index (χ1) is 11.3. The Balaban J connectivity index is 0.00000312. The molecule has 0 spiro atoms. The van der Waals surface area contributed by atoms with Gasteiger partial charge in [0.25, 0.3) is 0 Å². The van der Waals surface area contributed by atoms with E-state index in [9.17, 15) is 18.0 Å². The second-order valence-corrected chi connectivity index (χ2v) is 7.06. The van der Waals surface area contributed by atoms with Gasteiger partial charge in [-0.2, -0.15) is 24.9 Å². The van der Waals surface area contributed by atoms with Crippen molar-refractivity contribution in [2.45, 2.75) is 38.5 Å². The zero-order chi connectivity index (χ0) is 17.7. The molecule has 0 aromatic heterocycles. The normalized spacial score (nSPS) is 19.0. The summed E-state index contributed by atoms with van der Waals surface area (Å²) in [6.07, 6.45) is -4.00. The number of alkyl halides is 3. The second-order valence-electron chi connectivity index (χ2n) is 5.91. The smallest absolute Gasteiger partial charge is 0.336 e. The molecular formula is C17H24ClF3N2OS. The topological polar surface area (TPSA) is 32.3 Å². The zero-order valence-corrected chi connectivity index (χ0v) is 15.9. The molecule has 1 fully saturated rings. The fraction of sp³-hybridized carbons (Fsp3) is 0.588. The number of hydrogen-bond donors (Lipinski definition) is 1. The Morgan fingerprint density at radius 3 is 2.72 bits per heavy atom. The monoisotopic (exact) mass is 396 g/mol. The average molecular weight is 397 g/mol. The number of hydrogen-bond acceptors (Lipinski definition) is 3. The van der Waals surface area contributed by atoms with E-state index in [0.29, 0.717) is 18.5 Å². The van der Waals surface area contributed by atoms with Crippen LogP contribution in [-0.4, -0.2) is 41.4 Å². The third kappa shape index (κ3) is 6.08. The van der Waals surface area contributed by atoms with Crippen molar-refractivity contribution in [3.8, 4) is 0 Å². The molecule has 25 heavy (non-hydrogen) atoms. The Morgan fingerprint density at radius 2 is 2.16 bits per heavy atom. The highest BCUT2D eigenvalue weighted by Gasteiger charge is 2.31. The van der Waals surface area contributed by atoms with Crippen LogP contribution in [0.3, 0.4) is 0 Å².